The van der Waals surface area contributed by atoms with Crippen molar-refractivity contribution in [2.24, 2.45) is 0 Å². The number of rotatable bonds is 2. The molecule has 0 aliphatic heterocycles. The molecule has 3 nitrogen and oxygen atoms in total. The highest BCUT2D eigenvalue weighted by Crippen LogP contribution is 2.25. The normalized spacial score (nSPS) is 9.75. The van der Waals surface area contributed by atoms with Gasteiger partial charge in [-0.1, -0.05) is 11.6 Å². The van der Waals surface area contributed by atoms with Gasteiger partial charge in [0.25, 0.3) is 0 Å². The van der Waals surface area contributed by atoms with Gasteiger partial charge in [-0.3, -0.25) is 9.97 Å². The second kappa shape index (κ2) is 4.73. The van der Waals surface area contributed by atoms with Crippen LogP contribution in [-0.4, -0.2) is 9.97 Å². The van der Waals surface area contributed by atoms with Gasteiger partial charge in [-0.15, -0.1) is 0 Å². The van der Waals surface area contributed by atoms with Crippen molar-refractivity contribution in [1.82, 2.24) is 9.97 Å². The van der Waals surface area contributed by atoms with E-state index in [1.54, 1.807) is 24.5 Å². The highest BCUT2D eigenvalue weighted by Gasteiger charge is 2.06. The number of nitrogens with zero attached hydrogens (tertiary/aromatic N) is 3. The van der Waals surface area contributed by atoms with Crippen LogP contribution in [0.4, 0.5) is 0 Å². The largest absolute Gasteiger partial charge is 0.265 e. The van der Waals surface area contributed by atoms with Crippen molar-refractivity contribution in [2.75, 3.05) is 0 Å². The molecule has 2 rings (SSSR count). The van der Waals surface area contributed by atoms with E-state index in [1.807, 2.05) is 12.1 Å². The van der Waals surface area contributed by atoms with Crippen LogP contribution in [0.15, 0.2) is 36.7 Å². The number of halogens is 1. The Kier molecular flexibility index (Phi) is 3.13. The molecule has 4 heteroatoms. The van der Waals surface area contributed by atoms with Crippen molar-refractivity contribution < 1.29 is 0 Å². The second-order valence-electron chi connectivity index (χ2n) is 3.20. The van der Waals surface area contributed by atoms with Crippen LogP contribution in [0.5, 0.6) is 0 Å². The van der Waals surface area contributed by atoms with Gasteiger partial charge in [0.1, 0.15) is 0 Å². The third-order valence-corrected chi connectivity index (χ3v) is 2.42. The summed E-state index contributed by atoms with van der Waals surface area (Å²) >= 11 is 6.07. The molecule has 0 amide bonds. The lowest BCUT2D eigenvalue weighted by atomic mass is 10.1. The van der Waals surface area contributed by atoms with Crippen LogP contribution < -0.4 is 0 Å². The Morgan fingerprint density at radius 3 is 2.62 bits per heavy atom. The minimum Gasteiger partial charge on any atom is -0.265 e. The standard InChI is InChI=1S/C12H8ClN3/c13-11-2-1-10(3-6-14)16-12(11)9-4-7-15-8-5-9/h1-2,4-5,7-8H,3H2. The molecule has 0 atom stereocenters. The summed E-state index contributed by atoms with van der Waals surface area (Å²) in [6, 6.07) is 9.26. The van der Waals surface area contributed by atoms with Crippen LogP contribution in [0.1, 0.15) is 5.69 Å². The first-order valence-electron chi connectivity index (χ1n) is 4.74. The van der Waals surface area contributed by atoms with Crippen molar-refractivity contribution in [3.8, 4) is 17.3 Å². The SMILES string of the molecule is N#CCc1ccc(Cl)c(-c2ccncc2)n1. The van der Waals surface area contributed by atoms with Crippen LogP contribution in [0.3, 0.4) is 0 Å². The van der Waals surface area contributed by atoms with Gasteiger partial charge in [0.2, 0.25) is 0 Å². The zero-order chi connectivity index (χ0) is 11.4. The van der Waals surface area contributed by atoms with Crippen LogP contribution in [0, 0.1) is 11.3 Å². The van der Waals surface area contributed by atoms with Gasteiger partial charge >= 0.3 is 0 Å². The maximum Gasteiger partial charge on any atom is 0.0892 e. The molecule has 0 aliphatic rings. The average molecular weight is 230 g/mol. The molecule has 0 radical (unpaired) electrons. The zero-order valence-corrected chi connectivity index (χ0v) is 9.15. The quantitative estimate of drug-likeness (QED) is 0.796. The lowest BCUT2D eigenvalue weighted by Gasteiger charge is -2.04. The minimum absolute atomic E-state index is 0.287. The Bertz CT molecular complexity index is 532. The van der Waals surface area contributed by atoms with Gasteiger partial charge in [-0.25, -0.2) is 0 Å². The molecule has 0 spiro atoms. The first-order chi connectivity index (χ1) is 7.81. The Balaban J connectivity index is 2.48. The lowest BCUT2D eigenvalue weighted by molar-refractivity contribution is 1.12. The monoisotopic (exact) mass is 229 g/mol. The summed E-state index contributed by atoms with van der Waals surface area (Å²) in [4.78, 5) is 8.29. The molecule has 0 fully saturated rings. The van der Waals surface area contributed by atoms with Crippen LogP contribution in [0.2, 0.25) is 5.02 Å². The third kappa shape index (κ3) is 2.18. The fourth-order valence-electron chi connectivity index (χ4n) is 1.37. The topological polar surface area (TPSA) is 49.6 Å². The number of hydrogen-bond acceptors (Lipinski definition) is 3. The van der Waals surface area contributed by atoms with Gasteiger partial charge in [-0.05, 0) is 24.3 Å². The van der Waals surface area contributed by atoms with Crippen LogP contribution in [-0.2, 0) is 6.42 Å². The van der Waals surface area contributed by atoms with E-state index in [9.17, 15) is 0 Å². The number of nitriles is 1. The summed E-state index contributed by atoms with van der Waals surface area (Å²) in [5.41, 5.74) is 2.32. The molecule has 0 bridgehead atoms. The minimum atomic E-state index is 0.287. The fraction of sp³-hybridized carbons (Fsp3) is 0.0833. The lowest BCUT2D eigenvalue weighted by Crippen LogP contribution is -1.92. The van der Waals surface area contributed by atoms with Gasteiger partial charge in [0.05, 0.1) is 28.9 Å². The van der Waals surface area contributed by atoms with Crippen LogP contribution >= 0.6 is 11.6 Å². The molecule has 78 valence electrons. The molecule has 0 aromatic carbocycles. The summed E-state index contributed by atoms with van der Waals surface area (Å²) in [5.74, 6) is 0. The molecule has 0 aliphatic carbocycles. The average Bonchev–Trinajstić information content (AvgIpc) is 2.33. The smallest absolute Gasteiger partial charge is 0.0892 e. The second-order valence-corrected chi connectivity index (χ2v) is 3.61. The van der Waals surface area contributed by atoms with Gasteiger partial charge in [0.15, 0.2) is 0 Å². The highest BCUT2D eigenvalue weighted by atomic mass is 35.5. The molecule has 2 aromatic heterocycles. The van der Waals surface area contributed by atoms with E-state index in [4.69, 9.17) is 16.9 Å². The highest BCUT2D eigenvalue weighted by molar-refractivity contribution is 6.33. The molecule has 0 saturated heterocycles. The number of pyridine rings is 2. The van der Waals surface area contributed by atoms with Crippen molar-refractivity contribution >= 4 is 11.6 Å². The van der Waals surface area contributed by atoms with Crippen molar-refractivity contribution in [3.63, 3.8) is 0 Å². The van der Waals surface area contributed by atoms with E-state index in [0.29, 0.717) is 10.7 Å². The first-order valence-corrected chi connectivity index (χ1v) is 5.12. The fourth-order valence-corrected chi connectivity index (χ4v) is 1.59. The maximum absolute atomic E-state index is 8.62. The predicted molar refractivity (Wildman–Crippen MR) is 61.8 cm³/mol. The molecule has 0 saturated carbocycles. The Hall–Kier alpha value is -1.92. The van der Waals surface area contributed by atoms with Crippen molar-refractivity contribution in [3.05, 3.63) is 47.4 Å². The third-order valence-electron chi connectivity index (χ3n) is 2.12. The summed E-state index contributed by atoms with van der Waals surface area (Å²) in [7, 11) is 0. The summed E-state index contributed by atoms with van der Waals surface area (Å²) < 4.78 is 0. The van der Waals surface area contributed by atoms with Gasteiger partial charge in [-0.2, -0.15) is 5.26 Å². The van der Waals surface area contributed by atoms with E-state index in [1.165, 1.54) is 0 Å². The number of hydrogen-bond donors (Lipinski definition) is 0. The molecular formula is C12H8ClN3. The Morgan fingerprint density at radius 2 is 1.94 bits per heavy atom. The molecule has 2 aromatic rings. The molecule has 0 N–H and O–H groups in total. The van der Waals surface area contributed by atoms with E-state index in [0.717, 1.165) is 11.3 Å². The van der Waals surface area contributed by atoms with Gasteiger partial charge < -0.3 is 0 Å². The van der Waals surface area contributed by atoms with Crippen LogP contribution in [0.25, 0.3) is 11.3 Å². The molecular weight excluding hydrogens is 222 g/mol. The zero-order valence-electron chi connectivity index (χ0n) is 8.39. The van der Waals surface area contributed by atoms with E-state index < -0.39 is 0 Å². The summed E-state index contributed by atoms with van der Waals surface area (Å²) in [6.07, 6.45) is 3.66. The molecule has 16 heavy (non-hydrogen) atoms. The Morgan fingerprint density at radius 1 is 1.19 bits per heavy atom. The summed E-state index contributed by atoms with van der Waals surface area (Å²) in [5, 5.41) is 9.19. The molecule has 0 unspecified atom stereocenters. The van der Waals surface area contributed by atoms with Crippen molar-refractivity contribution in [1.29, 1.82) is 5.26 Å². The molecule has 2 heterocycles. The van der Waals surface area contributed by atoms with E-state index in [-0.39, 0.29) is 6.42 Å². The first kappa shape index (κ1) is 10.6. The predicted octanol–water partition coefficient (Wildman–Crippen LogP) is 2.86. The van der Waals surface area contributed by atoms with E-state index >= 15 is 0 Å². The number of aromatic nitrogens is 2. The Labute approximate surface area is 98.4 Å². The maximum atomic E-state index is 8.62. The van der Waals surface area contributed by atoms with Crippen molar-refractivity contribution in [2.45, 2.75) is 6.42 Å². The summed E-state index contributed by atoms with van der Waals surface area (Å²) in [6.45, 7) is 0. The van der Waals surface area contributed by atoms with E-state index in [2.05, 4.69) is 16.0 Å². The van der Waals surface area contributed by atoms with Gasteiger partial charge in [0, 0.05) is 18.0 Å².